The summed E-state index contributed by atoms with van der Waals surface area (Å²) in [5.74, 6) is -1.37. The van der Waals surface area contributed by atoms with E-state index in [1.807, 2.05) is 61.5 Å². The Morgan fingerprint density at radius 3 is 2.26 bits per heavy atom. The highest BCUT2D eigenvalue weighted by atomic mass is 32.1. The first-order valence-corrected chi connectivity index (χ1v) is 12.3. The lowest BCUT2D eigenvalue weighted by atomic mass is 9.94. The highest BCUT2D eigenvalue weighted by Crippen LogP contribution is 2.41. The number of carbonyl (C=O) groups is 2. The van der Waals surface area contributed by atoms with E-state index in [1.54, 1.807) is 11.8 Å². The summed E-state index contributed by atoms with van der Waals surface area (Å²) in [5, 5.41) is 11.7. The fourth-order valence-electron chi connectivity index (χ4n) is 4.50. The van der Waals surface area contributed by atoms with Gasteiger partial charge in [0.2, 0.25) is 5.78 Å². The van der Waals surface area contributed by atoms with E-state index in [2.05, 4.69) is 23.7 Å². The summed E-state index contributed by atoms with van der Waals surface area (Å²) in [4.78, 5) is 35.5. The molecule has 34 heavy (non-hydrogen) atoms. The minimum absolute atomic E-state index is 0.114. The van der Waals surface area contributed by atoms with Crippen LogP contribution in [0.15, 0.2) is 65.9 Å². The van der Waals surface area contributed by atoms with E-state index in [4.69, 9.17) is 0 Å². The lowest BCUT2D eigenvalue weighted by Crippen LogP contribution is -2.30. The molecule has 1 unspecified atom stereocenters. The molecule has 2 aromatic carbocycles. The molecule has 0 fully saturated rings. The first-order valence-electron chi connectivity index (χ1n) is 11.5. The highest BCUT2D eigenvalue weighted by molar-refractivity contribution is 7.14. The molecule has 2 heterocycles. The van der Waals surface area contributed by atoms with Gasteiger partial charge in [-0.05, 0) is 51.0 Å². The number of benzene rings is 2. The molecule has 0 bridgehead atoms. The summed E-state index contributed by atoms with van der Waals surface area (Å²) in [7, 11) is 0. The summed E-state index contributed by atoms with van der Waals surface area (Å²) < 4.78 is 0. The Balaban J connectivity index is 1.79. The number of thiazole rings is 1. The number of hydrogen-bond acceptors (Lipinski definition) is 6. The van der Waals surface area contributed by atoms with E-state index in [0.29, 0.717) is 10.6 Å². The second kappa shape index (κ2) is 9.81. The average molecular weight is 476 g/mol. The second-order valence-electron chi connectivity index (χ2n) is 8.32. The van der Waals surface area contributed by atoms with E-state index in [1.165, 1.54) is 11.3 Å². The number of aryl methyl sites for hydroxylation is 2. The summed E-state index contributed by atoms with van der Waals surface area (Å²) >= 11 is 1.28. The number of Topliss-reactive ketones (excluding diaryl/α,β-unsaturated/α-hetero) is 1. The molecule has 1 amide bonds. The number of rotatable bonds is 8. The third-order valence-electron chi connectivity index (χ3n) is 6.19. The van der Waals surface area contributed by atoms with Crippen molar-refractivity contribution in [2.24, 2.45) is 0 Å². The summed E-state index contributed by atoms with van der Waals surface area (Å²) in [5.41, 5.74) is 3.50. The number of aromatic nitrogens is 1. The first kappa shape index (κ1) is 23.7. The van der Waals surface area contributed by atoms with Crippen LogP contribution in [0.5, 0.6) is 0 Å². The molecular weight excluding hydrogens is 446 g/mol. The SMILES string of the molecule is CCN(CC)c1ccc(C2C(C(=O)c3sc(C)nc3C)=C(O)C(=O)N2Cc2ccccc2)cc1. The monoisotopic (exact) mass is 475 g/mol. The van der Waals surface area contributed by atoms with Crippen molar-refractivity contribution < 1.29 is 14.7 Å². The summed E-state index contributed by atoms with van der Waals surface area (Å²) in [6, 6.07) is 16.8. The second-order valence-corrected chi connectivity index (χ2v) is 9.53. The molecule has 176 valence electrons. The minimum Gasteiger partial charge on any atom is -0.503 e. The third-order valence-corrected chi connectivity index (χ3v) is 7.26. The Kier molecular flexibility index (Phi) is 6.84. The van der Waals surface area contributed by atoms with E-state index < -0.39 is 17.7 Å². The number of amides is 1. The zero-order chi connectivity index (χ0) is 24.4. The minimum atomic E-state index is -0.687. The molecule has 0 radical (unpaired) electrons. The van der Waals surface area contributed by atoms with Crippen LogP contribution in [0, 0.1) is 13.8 Å². The van der Waals surface area contributed by atoms with Gasteiger partial charge in [-0.3, -0.25) is 9.59 Å². The van der Waals surface area contributed by atoms with Crippen LogP contribution in [0.4, 0.5) is 5.69 Å². The van der Waals surface area contributed by atoms with Crippen molar-refractivity contribution >= 4 is 28.7 Å². The van der Waals surface area contributed by atoms with Gasteiger partial charge in [-0.2, -0.15) is 0 Å². The van der Waals surface area contributed by atoms with Crippen LogP contribution in [0.3, 0.4) is 0 Å². The Morgan fingerprint density at radius 1 is 1.06 bits per heavy atom. The quantitative estimate of drug-likeness (QED) is 0.443. The van der Waals surface area contributed by atoms with Crippen molar-refractivity contribution in [2.75, 3.05) is 18.0 Å². The Bertz CT molecular complexity index is 1230. The molecule has 0 saturated carbocycles. The fourth-order valence-corrected chi connectivity index (χ4v) is 5.37. The van der Waals surface area contributed by atoms with Crippen molar-refractivity contribution in [3.8, 4) is 0 Å². The van der Waals surface area contributed by atoms with Crippen LogP contribution in [-0.4, -0.2) is 39.8 Å². The van der Waals surface area contributed by atoms with Gasteiger partial charge in [0, 0.05) is 25.3 Å². The number of ketones is 1. The van der Waals surface area contributed by atoms with Gasteiger partial charge in [-0.25, -0.2) is 4.98 Å². The van der Waals surface area contributed by atoms with Gasteiger partial charge in [0.25, 0.3) is 5.91 Å². The van der Waals surface area contributed by atoms with Crippen LogP contribution < -0.4 is 4.90 Å². The normalized spacial score (nSPS) is 15.8. The molecule has 0 saturated heterocycles. The zero-order valence-electron chi connectivity index (χ0n) is 19.9. The van der Waals surface area contributed by atoms with Gasteiger partial charge >= 0.3 is 0 Å². The number of carbonyl (C=O) groups excluding carboxylic acids is 2. The predicted octanol–water partition coefficient (Wildman–Crippen LogP) is 5.38. The maximum absolute atomic E-state index is 13.7. The summed E-state index contributed by atoms with van der Waals surface area (Å²) in [6.45, 7) is 9.87. The van der Waals surface area contributed by atoms with E-state index in [9.17, 15) is 14.7 Å². The molecule has 1 aliphatic rings. The maximum Gasteiger partial charge on any atom is 0.290 e. The van der Waals surface area contributed by atoms with Crippen molar-refractivity contribution in [2.45, 2.75) is 40.3 Å². The molecular formula is C27H29N3O3S. The Hall–Kier alpha value is -3.45. The molecule has 1 aliphatic heterocycles. The van der Waals surface area contributed by atoms with Gasteiger partial charge < -0.3 is 14.9 Å². The lowest BCUT2D eigenvalue weighted by Gasteiger charge is -2.28. The molecule has 3 aromatic rings. The maximum atomic E-state index is 13.7. The van der Waals surface area contributed by atoms with Gasteiger partial charge in [0.15, 0.2) is 5.76 Å². The summed E-state index contributed by atoms with van der Waals surface area (Å²) in [6.07, 6.45) is 0. The van der Waals surface area contributed by atoms with Crippen LogP contribution in [0.2, 0.25) is 0 Å². The molecule has 4 rings (SSSR count). The standard InChI is InChI=1S/C27H29N3O3S/c1-5-29(6-2)21-14-12-20(13-15-21)23-22(24(31)26-17(3)28-18(4)34-26)25(32)27(33)30(23)16-19-10-8-7-9-11-19/h7-15,23,32H,5-6,16H2,1-4H3. The Morgan fingerprint density at radius 2 is 1.71 bits per heavy atom. The molecule has 0 aliphatic carbocycles. The van der Waals surface area contributed by atoms with Crippen LogP contribution in [0.1, 0.15) is 51.4 Å². The molecule has 1 atom stereocenters. The van der Waals surface area contributed by atoms with E-state index >= 15 is 0 Å². The molecule has 7 heteroatoms. The average Bonchev–Trinajstić information content (AvgIpc) is 3.31. The van der Waals surface area contributed by atoms with Gasteiger partial charge in [-0.15, -0.1) is 11.3 Å². The number of hydrogen-bond donors (Lipinski definition) is 1. The topological polar surface area (TPSA) is 73.7 Å². The van der Waals surface area contributed by atoms with Gasteiger partial charge in [0.05, 0.1) is 27.2 Å². The van der Waals surface area contributed by atoms with Crippen molar-refractivity contribution in [1.82, 2.24) is 9.88 Å². The van der Waals surface area contributed by atoms with Crippen molar-refractivity contribution in [1.29, 1.82) is 0 Å². The number of nitrogens with zero attached hydrogens (tertiary/aromatic N) is 3. The molecule has 1 N–H and O–H groups in total. The van der Waals surface area contributed by atoms with Crippen LogP contribution >= 0.6 is 11.3 Å². The predicted molar refractivity (Wildman–Crippen MR) is 135 cm³/mol. The van der Waals surface area contributed by atoms with Gasteiger partial charge in [0.1, 0.15) is 0 Å². The largest absolute Gasteiger partial charge is 0.503 e. The zero-order valence-corrected chi connectivity index (χ0v) is 20.7. The molecule has 1 aromatic heterocycles. The molecule has 0 spiro atoms. The van der Waals surface area contributed by atoms with Crippen molar-refractivity contribution in [3.05, 3.63) is 92.6 Å². The van der Waals surface area contributed by atoms with Crippen LogP contribution in [0.25, 0.3) is 0 Å². The Labute approximate surface area is 204 Å². The highest BCUT2D eigenvalue weighted by Gasteiger charge is 2.44. The molecule has 6 nitrogen and oxygen atoms in total. The fraction of sp³-hybridized carbons (Fsp3) is 0.296. The van der Waals surface area contributed by atoms with E-state index in [0.717, 1.165) is 34.9 Å². The number of anilines is 1. The lowest BCUT2D eigenvalue weighted by molar-refractivity contribution is -0.130. The smallest absolute Gasteiger partial charge is 0.290 e. The number of aliphatic hydroxyl groups is 1. The van der Waals surface area contributed by atoms with Crippen molar-refractivity contribution in [3.63, 3.8) is 0 Å². The van der Waals surface area contributed by atoms with Gasteiger partial charge in [-0.1, -0.05) is 42.5 Å². The first-order chi connectivity index (χ1) is 16.3. The number of aliphatic hydroxyl groups excluding tert-OH is 1. The van der Waals surface area contributed by atoms with E-state index in [-0.39, 0.29) is 17.9 Å². The third kappa shape index (κ3) is 4.35. The van der Waals surface area contributed by atoms with Crippen LogP contribution in [-0.2, 0) is 11.3 Å².